The number of benzene rings is 2. The maximum atomic E-state index is 11.5. The van der Waals surface area contributed by atoms with Gasteiger partial charge in [-0.05, 0) is 41.8 Å². The van der Waals surface area contributed by atoms with Crippen LogP contribution in [-0.2, 0) is 0 Å². The molecule has 0 bridgehead atoms. The van der Waals surface area contributed by atoms with Crippen molar-refractivity contribution in [2.75, 3.05) is 20.8 Å². The van der Waals surface area contributed by atoms with Crippen molar-refractivity contribution in [1.82, 2.24) is 5.32 Å². The largest absolute Gasteiger partial charge is 0.497 e. The van der Waals surface area contributed by atoms with Crippen molar-refractivity contribution in [3.8, 4) is 17.2 Å². The van der Waals surface area contributed by atoms with Crippen LogP contribution in [0.5, 0.6) is 17.2 Å². The number of ether oxygens (including phenoxy) is 3. The molecular weight excluding hydrogens is 318 g/mol. The van der Waals surface area contributed by atoms with Crippen LogP contribution in [0.4, 0.5) is 4.79 Å². The lowest BCUT2D eigenvalue weighted by Crippen LogP contribution is -2.27. The predicted molar refractivity (Wildman–Crippen MR) is 99.2 cm³/mol. The Morgan fingerprint density at radius 2 is 1.52 bits per heavy atom. The van der Waals surface area contributed by atoms with E-state index in [4.69, 9.17) is 14.2 Å². The topological polar surface area (TPSA) is 56.8 Å². The molecule has 0 aliphatic rings. The molecule has 2 aromatic rings. The molecule has 5 heteroatoms. The van der Waals surface area contributed by atoms with E-state index in [2.05, 4.69) is 5.32 Å². The fourth-order valence-electron chi connectivity index (χ4n) is 2.14. The average molecular weight is 341 g/mol. The van der Waals surface area contributed by atoms with Crippen LogP contribution < -0.4 is 19.5 Å². The van der Waals surface area contributed by atoms with Gasteiger partial charge in [-0.2, -0.15) is 0 Å². The zero-order valence-corrected chi connectivity index (χ0v) is 14.7. The second kappa shape index (κ2) is 9.37. The quantitative estimate of drug-likeness (QED) is 0.760. The number of nitrogens with one attached hydrogen (secondary N) is 1. The molecule has 2 rings (SSSR count). The Kier molecular flexibility index (Phi) is 6.89. The van der Waals surface area contributed by atoms with E-state index in [0.717, 1.165) is 29.0 Å². The van der Waals surface area contributed by atoms with E-state index in [1.54, 1.807) is 26.4 Å². The summed E-state index contributed by atoms with van der Waals surface area (Å²) in [6.07, 6.45) is 4.37. The van der Waals surface area contributed by atoms with Crippen molar-refractivity contribution in [3.63, 3.8) is 0 Å². The van der Waals surface area contributed by atoms with E-state index in [0.29, 0.717) is 12.3 Å². The third-order valence-electron chi connectivity index (χ3n) is 3.45. The van der Waals surface area contributed by atoms with E-state index in [1.165, 1.54) is 0 Å². The fraction of sp³-hybridized carbons (Fsp3) is 0.250. The summed E-state index contributed by atoms with van der Waals surface area (Å²) in [5, 5.41) is 2.66. The molecule has 25 heavy (non-hydrogen) atoms. The molecule has 0 radical (unpaired) electrons. The van der Waals surface area contributed by atoms with E-state index in [9.17, 15) is 4.79 Å². The number of methoxy groups -OCH3 is 2. The van der Waals surface area contributed by atoms with Gasteiger partial charge in [0.2, 0.25) is 0 Å². The second-order valence-electron chi connectivity index (χ2n) is 5.36. The Morgan fingerprint density at radius 3 is 2.08 bits per heavy atom. The van der Waals surface area contributed by atoms with E-state index in [-0.39, 0.29) is 0 Å². The van der Waals surface area contributed by atoms with Gasteiger partial charge in [-0.3, -0.25) is 0 Å². The molecule has 0 heterocycles. The van der Waals surface area contributed by atoms with Gasteiger partial charge in [-0.25, -0.2) is 4.79 Å². The maximum Gasteiger partial charge on any atom is 0.412 e. The summed E-state index contributed by atoms with van der Waals surface area (Å²) >= 11 is 0. The van der Waals surface area contributed by atoms with Gasteiger partial charge >= 0.3 is 6.09 Å². The Balaban J connectivity index is 2.03. The molecule has 0 saturated heterocycles. The number of carbonyl (C=O) groups excluding carboxylic acids is 1. The zero-order valence-electron chi connectivity index (χ0n) is 14.7. The standard InChI is InChI=1S/C20H23NO4/c1-4-11-21-20(22)25-17-9-7-15(8-10-17)5-6-16-12-18(23-2)14-19(13-16)24-3/h5-10,12-14H,4,11H2,1-3H3,(H,21,22)/b6-5+. The molecule has 0 fully saturated rings. The Bertz CT molecular complexity index is 701. The van der Waals surface area contributed by atoms with Crippen LogP contribution in [0, 0.1) is 0 Å². The van der Waals surface area contributed by atoms with Gasteiger partial charge in [0.15, 0.2) is 0 Å². The van der Waals surface area contributed by atoms with Gasteiger partial charge in [0.25, 0.3) is 0 Å². The Morgan fingerprint density at radius 1 is 0.920 bits per heavy atom. The highest BCUT2D eigenvalue weighted by molar-refractivity contribution is 5.72. The average Bonchev–Trinajstić information content (AvgIpc) is 2.65. The molecule has 0 atom stereocenters. The lowest BCUT2D eigenvalue weighted by molar-refractivity contribution is 0.200. The van der Waals surface area contributed by atoms with Crippen molar-refractivity contribution in [2.45, 2.75) is 13.3 Å². The highest BCUT2D eigenvalue weighted by atomic mass is 16.6. The van der Waals surface area contributed by atoms with Crippen LogP contribution in [-0.4, -0.2) is 26.9 Å². The third-order valence-corrected chi connectivity index (χ3v) is 3.45. The monoisotopic (exact) mass is 341 g/mol. The second-order valence-corrected chi connectivity index (χ2v) is 5.36. The first-order chi connectivity index (χ1) is 12.1. The molecule has 132 valence electrons. The van der Waals surface area contributed by atoms with Crippen LogP contribution in [0.2, 0.25) is 0 Å². The Labute approximate surface area is 148 Å². The van der Waals surface area contributed by atoms with E-state index >= 15 is 0 Å². The summed E-state index contributed by atoms with van der Waals surface area (Å²) < 4.78 is 15.7. The number of rotatable bonds is 7. The number of hydrogen-bond donors (Lipinski definition) is 1. The summed E-state index contributed by atoms with van der Waals surface area (Å²) in [7, 11) is 3.25. The molecule has 1 amide bonds. The van der Waals surface area contributed by atoms with Crippen molar-refractivity contribution in [2.24, 2.45) is 0 Å². The van der Waals surface area contributed by atoms with Crippen LogP contribution in [0.3, 0.4) is 0 Å². The summed E-state index contributed by atoms with van der Waals surface area (Å²) in [6.45, 7) is 2.59. The minimum absolute atomic E-state index is 0.436. The fourth-order valence-corrected chi connectivity index (χ4v) is 2.14. The van der Waals surface area contributed by atoms with Gasteiger partial charge in [0.05, 0.1) is 14.2 Å². The number of carbonyl (C=O) groups is 1. The van der Waals surface area contributed by atoms with Gasteiger partial charge < -0.3 is 19.5 Å². The summed E-state index contributed by atoms with van der Waals surface area (Å²) in [5.41, 5.74) is 1.96. The van der Waals surface area contributed by atoms with Crippen LogP contribution >= 0.6 is 0 Å². The molecule has 1 N–H and O–H groups in total. The summed E-state index contributed by atoms with van der Waals surface area (Å²) in [4.78, 5) is 11.5. The van der Waals surface area contributed by atoms with Crippen molar-refractivity contribution in [3.05, 3.63) is 53.6 Å². The molecule has 0 unspecified atom stereocenters. The van der Waals surface area contributed by atoms with Crippen molar-refractivity contribution < 1.29 is 19.0 Å². The molecule has 0 aliphatic carbocycles. The van der Waals surface area contributed by atoms with Crippen molar-refractivity contribution >= 4 is 18.2 Å². The first-order valence-electron chi connectivity index (χ1n) is 8.11. The molecule has 5 nitrogen and oxygen atoms in total. The highest BCUT2D eigenvalue weighted by Gasteiger charge is 2.03. The van der Waals surface area contributed by atoms with Crippen LogP contribution in [0.1, 0.15) is 24.5 Å². The predicted octanol–water partition coefficient (Wildman–Crippen LogP) is 4.37. The first-order valence-corrected chi connectivity index (χ1v) is 8.11. The summed E-state index contributed by atoms with van der Waals surface area (Å²) in [5.74, 6) is 1.98. The van der Waals surface area contributed by atoms with Crippen LogP contribution in [0.15, 0.2) is 42.5 Å². The van der Waals surface area contributed by atoms with Crippen molar-refractivity contribution in [1.29, 1.82) is 0 Å². The maximum absolute atomic E-state index is 11.5. The number of amides is 1. The van der Waals surface area contributed by atoms with E-state index < -0.39 is 6.09 Å². The van der Waals surface area contributed by atoms with E-state index in [1.807, 2.05) is 49.4 Å². The molecule has 0 saturated carbocycles. The molecular formula is C20H23NO4. The molecule has 2 aromatic carbocycles. The normalized spacial score (nSPS) is 10.5. The third kappa shape index (κ3) is 5.88. The SMILES string of the molecule is CCCNC(=O)Oc1ccc(/C=C/c2cc(OC)cc(OC)c2)cc1. The summed E-state index contributed by atoms with van der Waals surface area (Å²) in [6, 6.07) is 13.0. The minimum atomic E-state index is -0.436. The first kappa shape index (κ1) is 18.4. The molecule has 0 spiro atoms. The lowest BCUT2D eigenvalue weighted by atomic mass is 10.1. The van der Waals surface area contributed by atoms with Crippen LogP contribution in [0.25, 0.3) is 12.2 Å². The van der Waals surface area contributed by atoms with Gasteiger partial charge in [-0.15, -0.1) is 0 Å². The lowest BCUT2D eigenvalue weighted by Gasteiger charge is -2.06. The van der Waals surface area contributed by atoms with Gasteiger partial charge in [-0.1, -0.05) is 31.2 Å². The van der Waals surface area contributed by atoms with Gasteiger partial charge in [0, 0.05) is 12.6 Å². The minimum Gasteiger partial charge on any atom is -0.497 e. The zero-order chi connectivity index (χ0) is 18.1. The molecule has 0 aromatic heterocycles. The smallest absolute Gasteiger partial charge is 0.412 e. The molecule has 0 aliphatic heterocycles. The number of hydrogen-bond acceptors (Lipinski definition) is 4. The van der Waals surface area contributed by atoms with Gasteiger partial charge in [0.1, 0.15) is 17.2 Å². The highest BCUT2D eigenvalue weighted by Crippen LogP contribution is 2.24. The Hall–Kier alpha value is -2.95.